The van der Waals surface area contributed by atoms with Gasteiger partial charge in [-0.3, -0.25) is 28.8 Å². The van der Waals surface area contributed by atoms with Crippen molar-refractivity contribution in [3.63, 3.8) is 0 Å². The average Bonchev–Trinajstić information content (AvgIpc) is 1.55. The molecule has 0 N–H and O–H groups in total. The summed E-state index contributed by atoms with van der Waals surface area (Å²) in [6.45, 7) is 31.7. The molecule has 0 amide bonds. The zero-order chi connectivity index (χ0) is 79.2. The highest BCUT2D eigenvalue weighted by Crippen LogP contribution is 2.76. The first-order valence-electron chi connectivity index (χ1n) is 48.8. The van der Waals surface area contributed by atoms with E-state index < -0.39 is 0 Å². The molecular formula is C98H148O16. The molecule has 16 heteroatoms. The fraction of sp³-hybridized carbons (Fsp3) is 0.939. The zero-order valence-electron chi connectivity index (χ0n) is 72.2. The topological polar surface area (TPSA) is 195 Å². The van der Waals surface area contributed by atoms with Crippen molar-refractivity contribution < 1.29 is 76.1 Å². The minimum absolute atomic E-state index is 0.00853. The molecule has 42 unspecified atom stereocenters. The molecule has 24 aliphatic rings. The minimum atomic E-state index is -0.262. The Morgan fingerprint density at radius 3 is 0.991 bits per heavy atom. The first-order valence-corrected chi connectivity index (χ1v) is 48.8. The molecule has 12 saturated heterocycles. The Kier molecular flexibility index (Phi) is 21.4. The molecule has 12 aliphatic carbocycles. The molecule has 636 valence electrons. The highest BCUT2D eigenvalue weighted by atomic mass is 16.6. The van der Waals surface area contributed by atoms with E-state index >= 15 is 0 Å². The van der Waals surface area contributed by atoms with E-state index in [1.54, 1.807) is 0 Å². The Balaban J connectivity index is 0.0000000917. The zero-order valence-corrected chi connectivity index (χ0v) is 72.2. The molecule has 42 atom stereocenters. The van der Waals surface area contributed by atoms with Crippen LogP contribution in [0.25, 0.3) is 0 Å². The molecule has 6 spiro atoms. The quantitative estimate of drug-likeness (QED) is 0.132. The van der Waals surface area contributed by atoms with Crippen LogP contribution >= 0.6 is 0 Å². The maximum atomic E-state index is 12.3. The smallest absolute Gasteiger partial charge is 0.314 e. The van der Waals surface area contributed by atoms with Gasteiger partial charge in [-0.05, 0) is 294 Å². The molecule has 0 radical (unpaired) electrons. The van der Waals surface area contributed by atoms with Crippen LogP contribution in [-0.4, -0.2) is 124 Å². The van der Waals surface area contributed by atoms with E-state index in [0.717, 1.165) is 202 Å². The summed E-state index contributed by atoms with van der Waals surface area (Å²) < 4.78 is 57.3. The van der Waals surface area contributed by atoms with Crippen LogP contribution in [0.1, 0.15) is 289 Å². The van der Waals surface area contributed by atoms with Crippen LogP contribution in [0, 0.1) is 198 Å². The third kappa shape index (κ3) is 11.8. The van der Waals surface area contributed by atoms with Gasteiger partial charge in [0.1, 0.15) is 12.0 Å². The fourth-order valence-corrected chi connectivity index (χ4v) is 36.8. The van der Waals surface area contributed by atoms with E-state index in [1.807, 2.05) is 0 Å². The predicted molar refractivity (Wildman–Crippen MR) is 429 cm³/mol. The van der Waals surface area contributed by atoms with Crippen LogP contribution in [0.4, 0.5) is 0 Å². The summed E-state index contributed by atoms with van der Waals surface area (Å²) in [5.41, 5.74) is 0.0648. The summed E-state index contributed by atoms with van der Waals surface area (Å²) in [4.78, 5) is 71.6. The van der Waals surface area contributed by atoms with Crippen molar-refractivity contribution >= 4 is 35.8 Å². The lowest BCUT2D eigenvalue weighted by atomic mass is 9.62. The molecule has 12 bridgehead atoms. The Morgan fingerprint density at radius 1 is 0.263 bits per heavy atom. The minimum Gasteiger partial charge on any atom is -0.465 e. The van der Waals surface area contributed by atoms with Crippen molar-refractivity contribution in [2.24, 2.45) is 198 Å². The number of ether oxygens (including phenoxy) is 10. The number of carbonyl (C=O) groups excluding carboxylic acids is 6. The molecule has 0 aromatic heterocycles. The van der Waals surface area contributed by atoms with Gasteiger partial charge in [-0.1, -0.05) is 134 Å². The van der Waals surface area contributed by atoms with E-state index in [2.05, 4.69) is 83.1 Å². The monoisotopic (exact) mass is 1580 g/mol. The Hall–Kier alpha value is -3.34. The number of hydrogen-bond donors (Lipinski definition) is 0. The van der Waals surface area contributed by atoms with Gasteiger partial charge >= 0.3 is 35.8 Å². The predicted octanol–water partition coefficient (Wildman–Crippen LogP) is 18.4. The first-order chi connectivity index (χ1) is 55.2. The molecule has 16 nitrogen and oxygen atoms in total. The molecule has 24 rings (SSSR count). The van der Waals surface area contributed by atoms with Gasteiger partial charge in [0.25, 0.3) is 0 Å². The number of rotatable bonds is 12. The summed E-state index contributed by atoms with van der Waals surface area (Å²) in [5.74, 6) is 22.6. The normalized spacial score (nSPS) is 54.9. The molecule has 12 saturated carbocycles. The number of carbonyl (C=O) groups is 6. The average molecular weight is 1580 g/mol. The highest BCUT2D eigenvalue weighted by molar-refractivity contribution is 5.81. The number of hydrogen-bond acceptors (Lipinski definition) is 16. The van der Waals surface area contributed by atoms with Gasteiger partial charge in [0.15, 0.2) is 0 Å². The van der Waals surface area contributed by atoms with E-state index in [0.29, 0.717) is 136 Å². The lowest BCUT2D eigenvalue weighted by Gasteiger charge is -2.41. The number of esters is 6. The Bertz CT molecular complexity index is 3250. The number of fused-ring (bicyclic) bond motifs is 36. The molecule has 0 aromatic carbocycles. The molecular weight excluding hydrogens is 1430 g/mol. The largest absolute Gasteiger partial charge is 0.465 e. The van der Waals surface area contributed by atoms with Gasteiger partial charge in [-0.25, -0.2) is 0 Å². The van der Waals surface area contributed by atoms with Crippen molar-refractivity contribution in [3.05, 3.63) is 0 Å². The fourth-order valence-electron chi connectivity index (χ4n) is 36.8. The van der Waals surface area contributed by atoms with Gasteiger partial charge in [-0.15, -0.1) is 0 Å². The SMILES string of the molecule is CCC1CC(CC)C2C1C1CC2C2(CCOC2=O)C1.CCC1CC(CC)C2C1C1CC2C2(COC(=O)C2)C1.CCC1CC(CC)C2C1C1CC3(CCOC3=O)C2O1.CCC1CC(CC)C2C1C1CC3(COC(=O)C3)C2O1.CCC1OC(CC)C2C1C1CC2C2(CCOC2=O)C1.CCC1OC(CC)C2C1C1CC2C2(COC(=O)C2)C1. The summed E-state index contributed by atoms with van der Waals surface area (Å²) in [5, 5.41) is 0. The van der Waals surface area contributed by atoms with E-state index in [1.165, 1.54) is 116 Å². The van der Waals surface area contributed by atoms with Crippen LogP contribution in [-0.2, 0) is 76.1 Å². The lowest BCUT2D eigenvalue weighted by molar-refractivity contribution is -0.151. The second-order valence-corrected chi connectivity index (χ2v) is 43.8. The van der Waals surface area contributed by atoms with Crippen molar-refractivity contribution in [2.45, 2.75) is 337 Å². The first kappa shape index (κ1) is 80.4. The summed E-state index contributed by atoms with van der Waals surface area (Å²) >= 11 is 0. The molecule has 0 aromatic rings. The van der Waals surface area contributed by atoms with Crippen LogP contribution in [0.2, 0.25) is 0 Å². The Labute approximate surface area is 683 Å². The highest BCUT2D eigenvalue weighted by Gasteiger charge is 2.75. The maximum Gasteiger partial charge on any atom is 0.314 e. The summed E-state index contributed by atoms with van der Waals surface area (Å²) in [7, 11) is 0. The molecule has 12 aliphatic heterocycles. The van der Waals surface area contributed by atoms with Crippen LogP contribution in [0.5, 0.6) is 0 Å². The van der Waals surface area contributed by atoms with Crippen molar-refractivity contribution in [3.8, 4) is 0 Å². The third-order valence-electron chi connectivity index (χ3n) is 40.6. The van der Waals surface area contributed by atoms with Gasteiger partial charge in [0.05, 0.1) is 112 Å². The molecule has 114 heavy (non-hydrogen) atoms. The van der Waals surface area contributed by atoms with Crippen LogP contribution < -0.4 is 0 Å². The Morgan fingerprint density at radius 2 is 0.579 bits per heavy atom. The van der Waals surface area contributed by atoms with Crippen molar-refractivity contribution in [2.75, 3.05) is 39.6 Å². The van der Waals surface area contributed by atoms with Crippen LogP contribution in [0.3, 0.4) is 0 Å². The maximum absolute atomic E-state index is 12.3. The molecule has 24 fully saturated rings. The third-order valence-corrected chi connectivity index (χ3v) is 40.6. The second kappa shape index (κ2) is 30.3. The van der Waals surface area contributed by atoms with Crippen molar-refractivity contribution in [1.29, 1.82) is 0 Å². The van der Waals surface area contributed by atoms with Crippen LogP contribution in [0.15, 0.2) is 0 Å². The summed E-state index contributed by atoms with van der Waals surface area (Å²) in [6, 6.07) is 0. The van der Waals surface area contributed by atoms with E-state index in [4.69, 9.17) is 47.4 Å². The lowest BCUT2D eigenvalue weighted by Crippen LogP contribution is -2.45. The number of cyclic esters (lactones) is 6. The van der Waals surface area contributed by atoms with E-state index in [-0.39, 0.29) is 74.4 Å². The molecule has 12 heterocycles. The second-order valence-electron chi connectivity index (χ2n) is 43.8. The standard InChI is InChI=1S/2C17H26O2.4C16H24O3/c1-3-10-5-11(4-2)16-13-6-12(15(10)16)7-17(13)8-14(18)19-9-17;1-3-10-7-11(4-2)15-13-8-12(14(10)15)9-17(13)5-6-19-16(17)18;1-3-11-14-9-5-10(15(14)12(4-2)19-11)16(6-9)7-13(17)18-8-16;1-3-9-5-10(4-2)14-13(9)11-6-16(15(14)19-11)7-12(17)18-8-16;1-3-11-13-9-7-10(14(13)12(4-2)19-11)16(8-9)5-6-18-15(16)17;1-3-9-7-10(4-2)13-12(9)11-8-16(14(13)19-11)5-6-18-15(16)17/h10-13,15-16H,3-9H2,1-2H3;10-15H,3-9H2,1-2H3;9-12,14-15H,3-8H2,1-2H3;9-11,13-15H,3-8H2,1-2H3;2*9-14H,3-8H2,1-2H3. The van der Waals surface area contributed by atoms with Gasteiger partial charge < -0.3 is 47.4 Å². The van der Waals surface area contributed by atoms with Gasteiger partial charge in [0.2, 0.25) is 0 Å². The summed E-state index contributed by atoms with van der Waals surface area (Å²) in [6.07, 6.45) is 40.3. The van der Waals surface area contributed by atoms with Gasteiger partial charge in [0, 0.05) is 22.7 Å². The van der Waals surface area contributed by atoms with Gasteiger partial charge in [-0.2, -0.15) is 0 Å². The van der Waals surface area contributed by atoms with Crippen molar-refractivity contribution in [1.82, 2.24) is 0 Å². The van der Waals surface area contributed by atoms with E-state index in [9.17, 15) is 28.8 Å².